The molecule has 2 atom stereocenters. The SMILES string of the molecule is CCCC(N)C(=O)N(CCC)C1CCS(=O)(=O)C1.Cl. The van der Waals surface area contributed by atoms with Gasteiger partial charge in [-0.3, -0.25) is 4.79 Å². The van der Waals surface area contributed by atoms with Crippen molar-refractivity contribution in [2.75, 3.05) is 18.1 Å². The number of hydrogen-bond donors (Lipinski definition) is 1. The van der Waals surface area contributed by atoms with Crippen LogP contribution in [0.15, 0.2) is 0 Å². The van der Waals surface area contributed by atoms with Crippen LogP contribution in [0.4, 0.5) is 0 Å². The molecule has 0 aromatic carbocycles. The van der Waals surface area contributed by atoms with Gasteiger partial charge in [-0.15, -0.1) is 12.4 Å². The number of nitrogens with two attached hydrogens (primary N) is 1. The molecule has 0 aliphatic carbocycles. The average molecular weight is 313 g/mol. The van der Waals surface area contributed by atoms with Crippen LogP contribution in [0.25, 0.3) is 0 Å². The number of halogens is 1. The predicted molar refractivity (Wildman–Crippen MR) is 79.2 cm³/mol. The molecule has 0 aromatic heterocycles. The van der Waals surface area contributed by atoms with Gasteiger partial charge in [0.05, 0.1) is 17.5 Å². The Morgan fingerprint density at radius 3 is 2.42 bits per heavy atom. The molecular formula is C12H25ClN2O3S. The zero-order valence-corrected chi connectivity index (χ0v) is 13.3. The molecule has 1 aliphatic rings. The highest BCUT2D eigenvalue weighted by atomic mass is 35.5. The van der Waals surface area contributed by atoms with Gasteiger partial charge in [-0.25, -0.2) is 8.42 Å². The Bertz CT molecular complexity index is 386. The first-order valence-electron chi connectivity index (χ1n) is 6.67. The fourth-order valence-electron chi connectivity index (χ4n) is 2.38. The quantitative estimate of drug-likeness (QED) is 0.792. The van der Waals surface area contributed by atoms with E-state index in [2.05, 4.69) is 0 Å². The van der Waals surface area contributed by atoms with Gasteiger partial charge in [0.25, 0.3) is 0 Å². The molecule has 0 aromatic rings. The summed E-state index contributed by atoms with van der Waals surface area (Å²) in [4.78, 5) is 13.9. The minimum absolute atomic E-state index is 0. The van der Waals surface area contributed by atoms with Crippen molar-refractivity contribution in [3.63, 3.8) is 0 Å². The van der Waals surface area contributed by atoms with E-state index in [1.807, 2.05) is 13.8 Å². The standard InChI is InChI=1S/C12H24N2O3S.ClH/c1-3-5-11(13)12(15)14(7-4-2)10-6-8-18(16,17)9-10;/h10-11H,3-9,13H2,1-2H3;1H. The highest BCUT2D eigenvalue weighted by Gasteiger charge is 2.35. The largest absolute Gasteiger partial charge is 0.337 e. The zero-order valence-electron chi connectivity index (χ0n) is 11.7. The Kier molecular flexibility index (Phi) is 7.93. The monoisotopic (exact) mass is 312 g/mol. The van der Waals surface area contributed by atoms with Crippen LogP contribution in [-0.4, -0.2) is 49.4 Å². The third-order valence-corrected chi connectivity index (χ3v) is 5.06. The van der Waals surface area contributed by atoms with E-state index in [0.29, 0.717) is 19.4 Å². The number of rotatable bonds is 6. The van der Waals surface area contributed by atoms with Crippen molar-refractivity contribution in [3.8, 4) is 0 Å². The van der Waals surface area contributed by atoms with Crippen LogP contribution in [0.5, 0.6) is 0 Å². The zero-order chi connectivity index (χ0) is 13.8. The average Bonchev–Trinajstić information content (AvgIpc) is 2.66. The molecule has 5 nitrogen and oxygen atoms in total. The number of carbonyl (C=O) groups is 1. The number of carbonyl (C=O) groups excluding carboxylic acids is 1. The fourth-order valence-corrected chi connectivity index (χ4v) is 4.11. The van der Waals surface area contributed by atoms with Crippen LogP contribution in [0.3, 0.4) is 0 Å². The highest BCUT2D eigenvalue weighted by Crippen LogP contribution is 2.19. The number of sulfone groups is 1. The third kappa shape index (κ3) is 5.28. The molecule has 1 amide bonds. The van der Waals surface area contributed by atoms with E-state index in [1.54, 1.807) is 4.90 Å². The molecule has 1 aliphatic heterocycles. The summed E-state index contributed by atoms with van der Waals surface area (Å²) in [5.74, 6) is 0.187. The van der Waals surface area contributed by atoms with Gasteiger partial charge in [-0.05, 0) is 19.3 Å². The summed E-state index contributed by atoms with van der Waals surface area (Å²) in [7, 11) is -2.97. The summed E-state index contributed by atoms with van der Waals surface area (Å²) in [6, 6.07) is -0.671. The van der Waals surface area contributed by atoms with E-state index < -0.39 is 15.9 Å². The smallest absolute Gasteiger partial charge is 0.239 e. The number of nitrogens with zero attached hydrogens (tertiary/aromatic N) is 1. The normalized spacial score (nSPS) is 22.6. The molecule has 114 valence electrons. The predicted octanol–water partition coefficient (Wildman–Crippen LogP) is 0.961. The van der Waals surface area contributed by atoms with E-state index in [1.165, 1.54) is 0 Å². The van der Waals surface area contributed by atoms with Crippen LogP contribution in [0, 0.1) is 0 Å². The van der Waals surface area contributed by atoms with E-state index in [0.717, 1.165) is 12.8 Å². The first-order valence-corrected chi connectivity index (χ1v) is 8.50. The molecule has 19 heavy (non-hydrogen) atoms. The maximum atomic E-state index is 12.2. The summed E-state index contributed by atoms with van der Waals surface area (Å²) < 4.78 is 23.0. The Labute approximate surface area is 122 Å². The molecule has 1 fully saturated rings. The molecule has 0 spiro atoms. The lowest BCUT2D eigenvalue weighted by Gasteiger charge is -2.30. The lowest BCUT2D eigenvalue weighted by Crippen LogP contribution is -2.49. The molecule has 2 N–H and O–H groups in total. The van der Waals surface area contributed by atoms with Crippen molar-refractivity contribution in [1.82, 2.24) is 4.90 Å². The Balaban J connectivity index is 0.00000324. The van der Waals surface area contributed by atoms with E-state index >= 15 is 0 Å². The number of amides is 1. The second-order valence-electron chi connectivity index (χ2n) is 4.98. The molecule has 0 bridgehead atoms. The molecule has 1 rings (SSSR count). The second-order valence-corrected chi connectivity index (χ2v) is 7.21. The van der Waals surface area contributed by atoms with Crippen LogP contribution in [0.1, 0.15) is 39.5 Å². The summed E-state index contributed by atoms with van der Waals surface area (Å²) in [5, 5.41) is 0. The molecule has 0 radical (unpaired) electrons. The van der Waals surface area contributed by atoms with Crippen molar-refractivity contribution >= 4 is 28.2 Å². The maximum Gasteiger partial charge on any atom is 0.239 e. The molecule has 2 unspecified atom stereocenters. The lowest BCUT2D eigenvalue weighted by atomic mass is 10.1. The first kappa shape index (κ1) is 18.7. The Hall–Kier alpha value is -0.330. The van der Waals surface area contributed by atoms with Crippen LogP contribution in [0.2, 0.25) is 0 Å². The second kappa shape index (κ2) is 8.07. The van der Waals surface area contributed by atoms with Crippen molar-refractivity contribution in [1.29, 1.82) is 0 Å². The molecular weight excluding hydrogens is 288 g/mol. The van der Waals surface area contributed by atoms with Crippen molar-refractivity contribution < 1.29 is 13.2 Å². The number of hydrogen-bond acceptors (Lipinski definition) is 4. The Morgan fingerprint density at radius 1 is 1.37 bits per heavy atom. The van der Waals surface area contributed by atoms with Gasteiger partial charge in [0.2, 0.25) is 5.91 Å². The maximum absolute atomic E-state index is 12.2. The minimum atomic E-state index is -2.97. The lowest BCUT2D eigenvalue weighted by molar-refractivity contribution is -0.134. The van der Waals surface area contributed by atoms with Crippen LogP contribution in [-0.2, 0) is 14.6 Å². The van der Waals surface area contributed by atoms with Gasteiger partial charge in [0, 0.05) is 12.6 Å². The van der Waals surface area contributed by atoms with Gasteiger partial charge in [-0.2, -0.15) is 0 Å². The highest BCUT2D eigenvalue weighted by molar-refractivity contribution is 7.91. The summed E-state index contributed by atoms with van der Waals surface area (Å²) in [6.07, 6.45) is 2.88. The van der Waals surface area contributed by atoms with Crippen LogP contribution < -0.4 is 5.73 Å². The van der Waals surface area contributed by atoms with E-state index in [4.69, 9.17) is 5.73 Å². The third-order valence-electron chi connectivity index (χ3n) is 3.31. The molecule has 1 heterocycles. The Morgan fingerprint density at radius 2 is 2.00 bits per heavy atom. The van der Waals surface area contributed by atoms with Crippen molar-refractivity contribution in [3.05, 3.63) is 0 Å². The molecule has 1 saturated heterocycles. The fraction of sp³-hybridized carbons (Fsp3) is 0.917. The summed E-state index contributed by atoms with van der Waals surface area (Å²) in [6.45, 7) is 4.56. The van der Waals surface area contributed by atoms with Crippen molar-refractivity contribution in [2.24, 2.45) is 5.73 Å². The van der Waals surface area contributed by atoms with Gasteiger partial charge >= 0.3 is 0 Å². The summed E-state index contributed by atoms with van der Waals surface area (Å²) in [5.41, 5.74) is 5.85. The van der Waals surface area contributed by atoms with E-state index in [-0.39, 0.29) is 35.9 Å². The first-order chi connectivity index (χ1) is 8.41. The van der Waals surface area contributed by atoms with Gasteiger partial charge in [0.1, 0.15) is 0 Å². The minimum Gasteiger partial charge on any atom is -0.337 e. The molecule has 7 heteroatoms. The summed E-state index contributed by atoms with van der Waals surface area (Å²) >= 11 is 0. The topological polar surface area (TPSA) is 80.5 Å². The van der Waals surface area contributed by atoms with E-state index in [9.17, 15) is 13.2 Å². The van der Waals surface area contributed by atoms with Gasteiger partial charge in [0.15, 0.2) is 9.84 Å². The van der Waals surface area contributed by atoms with Gasteiger partial charge in [-0.1, -0.05) is 20.3 Å². The van der Waals surface area contributed by atoms with Gasteiger partial charge < -0.3 is 10.6 Å². The molecule has 0 saturated carbocycles. The van der Waals surface area contributed by atoms with Crippen LogP contribution >= 0.6 is 12.4 Å². The van der Waals surface area contributed by atoms with Crippen molar-refractivity contribution in [2.45, 2.75) is 51.6 Å².